The van der Waals surface area contributed by atoms with Crippen LogP contribution < -0.4 is 5.73 Å². The van der Waals surface area contributed by atoms with E-state index in [0.717, 1.165) is 22.3 Å². The monoisotopic (exact) mass is 491 g/mol. The number of thiazole rings is 1. The van der Waals surface area contributed by atoms with Crippen molar-refractivity contribution in [1.29, 1.82) is 0 Å². The second-order valence-electron chi connectivity index (χ2n) is 7.91. The highest BCUT2D eigenvalue weighted by atomic mass is 32.1. The van der Waals surface area contributed by atoms with Crippen molar-refractivity contribution >= 4 is 33.3 Å². The van der Waals surface area contributed by atoms with E-state index in [1.54, 1.807) is 18.3 Å². The van der Waals surface area contributed by atoms with Gasteiger partial charge in [-0.05, 0) is 29.8 Å². The molecule has 0 saturated heterocycles. The molecule has 35 heavy (non-hydrogen) atoms. The molecular weight excluding hydrogens is 475 g/mol. The number of nitrogens with two attached hydrogens (primary N) is 1. The number of aromatic nitrogens is 6. The molecule has 2 aromatic carbocycles. The lowest BCUT2D eigenvalue weighted by Crippen LogP contribution is -2.09. The summed E-state index contributed by atoms with van der Waals surface area (Å²) in [5.41, 5.74) is 9.60. The van der Waals surface area contributed by atoms with E-state index in [9.17, 15) is 13.2 Å². The quantitative estimate of drug-likeness (QED) is 0.335. The van der Waals surface area contributed by atoms with E-state index in [1.165, 1.54) is 23.5 Å². The summed E-state index contributed by atoms with van der Waals surface area (Å²) in [6.07, 6.45) is -0.888. The van der Waals surface area contributed by atoms with E-state index in [0.29, 0.717) is 28.2 Å². The lowest BCUT2D eigenvalue weighted by Gasteiger charge is -2.11. The molecule has 0 amide bonds. The Kier molecular flexibility index (Phi) is 4.81. The predicted molar refractivity (Wildman–Crippen MR) is 128 cm³/mol. The third-order valence-electron chi connectivity index (χ3n) is 5.66. The van der Waals surface area contributed by atoms with Gasteiger partial charge in [-0.2, -0.15) is 13.2 Å². The number of nitrogens with one attached hydrogen (secondary N) is 1. The van der Waals surface area contributed by atoms with Crippen molar-refractivity contribution in [2.24, 2.45) is 0 Å². The number of imidazole rings is 2. The van der Waals surface area contributed by atoms with Crippen LogP contribution in [0.2, 0.25) is 0 Å². The van der Waals surface area contributed by atoms with Gasteiger partial charge >= 0.3 is 6.18 Å². The standard InChI is InChI=1S/C24H16F3N7S/c25-24(26,27)15-4-2-1-3-13(15)12-19-30-16-6-5-14(11-18(16)31-19)20-21(17-7-8-29-22(28)32-17)34-9-10-35-23(34)33-20/h1-11H,12H2,(H,30,31)(H2,28,29,32). The summed E-state index contributed by atoms with van der Waals surface area (Å²) in [5, 5.41) is 1.93. The topological polar surface area (TPSA) is 97.8 Å². The van der Waals surface area contributed by atoms with E-state index in [4.69, 9.17) is 10.7 Å². The zero-order chi connectivity index (χ0) is 24.2. The zero-order valence-electron chi connectivity index (χ0n) is 17.9. The van der Waals surface area contributed by atoms with E-state index in [2.05, 4.69) is 19.9 Å². The van der Waals surface area contributed by atoms with Gasteiger partial charge in [-0.15, -0.1) is 11.3 Å². The van der Waals surface area contributed by atoms with Gasteiger partial charge in [0, 0.05) is 29.8 Å². The number of rotatable bonds is 4. The summed E-state index contributed by atoms with van der Waals surface area (Å²) in [7, 11) is 0. The number of benzene rings is 2. The predicted octanol–water partition coefficient (Wildman–Crippen LogP) is 5.59. The van der Waals surface area contributed by atoms with Gasteiger partial charge < -0.3 is 10.7 Å². The first-order valence-corrected chi connectivity index (χ1v) is 11.4. The number of fused-ring (bicyclic) bond motifs is 2. The molecule has 0 unspecified atom stereocenters. The van der Waals surface area contributed by atoms with E-state index >= 15 is 0 Å². The number of H-pyrrole nitrogens is 1. The van der Waals surface area contributed by atoms with Gasteiger partial charge in [-0.3, -0.25) is 4.40 Å². The molecule has 4 heterocycles. The van der Waals surface area contributed by atoms with Crippen LogP contribution in [0.1, 0.15) is 17.0 Å². The Hall–Kier alpha value is -4.25. The molecule has 0 fully saturated rings. The summed E-state index contributed by atoms with van der Waals surface area (Å²) in [5.74, 6) is 0.606. The number of anilines is 1. The fourth-order valence-electron chi connectivity index (χ4n) is 4.16. The van der Waals surface area contributed by atoms with Gasteiger partial charge in [0.1, 0.15) is 11.5 Å². The Balaban J connectivity index is 1.42. The summed E-state index contributed by atoms with van der Waals surface area (Å²) in [6, 6.07) is 12.9. The number of aromatic amines is 1. The van der Waals surface area contributed by atoms with E-state index < -0.39 is 11.7 Å². The van der Waals surface area contributed by atoms with Gasteiger partial charge in [-0.25, -0.2) is 19.9 Å². The number of alkyl halides is 3. The van der Waals surface area contributed by atoms with Gasteiger partial charge in [0.2, 0.25) is 5.95 Å². The fraction of sp³-hybridized carbons (Fsp3) is 0.0833. The van der Waals surface area contributed by atoms with Crippen molar-refractivity contribution in [1.82, 2.24) is 29.3 Å². The Morgan fingerprint density at radius 2 is 1.89 bits per heavy atom. The summed E-state index contributed by atoms with van der Waals surface area (Å²) >= 11 is 1.49. The van der Waals surface area contributed by atoms with Crippen molar-refractivity contribution in [3.63, 3.8) is 0 Å². The van der Waals surface area contributed by atoms with Crippen LogP contribution in [0.5, 0.6) is 0 Å². The molecule has 6 rings (SSSR count). The molecule has 6 aromatic rings. The minimum atomic E-state index is -4.43. The SMILES string of the molecule is Nc1nccc(-c2c(-c3ccc4nc(Cc5ccccc5C(F)(F)F)[nH]c4c3)nc3sccn23)n1. The smallest absolute Gasteiger partial charge is 0.368 e. The van der Waals surface area contributed by atoms with Crippen molar-refractivity contribution in [3.8, 4) is 22.6 Å². The number of nitrogen functional groups attached to an aromatic ring is 1. The molecular formula is C24H16F3N7S. The number of halogens is 3. The van der Waals surface area contributed by atoms with Crippen molar-refractivity contribution in [2.75, 3.05) is 5.73 Å². The first-order chi connectivity index (χ1) is 16.9. The third kappa shape index (κ3) is 3.79. The molecule has 0 aliphatic carbocycles. The number of nitrogens with zero attached hydrogens (tertiary/aromatic N) is 5. The Bertz CT molecular complexity index is 1700. The average Bonchev–Trinajstić information content (AvgIpc) is 3.52. The van der Waals surface area contributed by atoms with Crippen LogP contribution in [0.15, 0.2) is 66.3 Å². The molecule has 4 aromatic heterocycles. The Labute approximate surface area is 200 Å². The van der Waals surface area contributed by atoms with Crippen LogP contribution in [0, 0.1) is 0 Å². The van der Waals surface area contributed by atoms with Crippen LogP contribution in [-0.2, 0) is 12.6 Å². The fourth-order valence-corrected chi connectivity index (χ4v) is 4.88. The first kappa shape index (κ1) is 21.3. The molecule has 7 nitrogen and oxygen atoms in total. The summed E-state index contributed by atoms with van der Waals surface area (Å²) < 4.78 is 42.2. The van der Waals surface area contributed by atoms with Crippen LogP contribution in [-0.4, -0.2) is 29.3 Å². The summed E-state index contributed by atoms with van der Waals surface area (Å²) in [4.78, 5) is 21.6. The molecule has 0 spiro atoms. The van der Waals surface area contributed by atoms with Gasteiger partial charge in [0.15, 0.2) is 4.96 Å². The average molecular weight is 492 g/mol. The highest BCUT2D eigenvalue weighted by molar-refractivity contribution is 7.15. The zero-order valence-corrected chi connectivity index (χ0v) is 18.7. The van der Waals surface area contributed by atoms with Crippen LogP contribution >= 0.6 is 11.3 Å². The van der Waals surface area contributed by atoms with Crippen molar-refractivity contribution < 1.29 is 13.2 Å². The van der Waals surface area contributed by atoms with Gasteiger partial charge in [-0.1, -0.05) is 24.3 Å². The maximum absolute atomic E-state index is 13.4. The van der Waals surface area contributed by atoms with Crippen molar-refractivity contribution in [3.05, 3.63) is 83.3 Å². The van der Waals surface area contributed by atoms with Crippen molar-refractivity contribution in [2.45, 2.75) is 12.6 Å². The normalized spacial score (nSPS) is 12.1. The minimum absolute atomic E-state index is 0.0331. The van der Waals surface area contributed by atoms with Gasteiger partial charge in [0.05, 0.1) is 28.0 Å². The molecule has 0 atom stereocenters. The lowest BCUT2D eigenvalue weighted by atomic mass is 10.0. The maximum atomic E-state index is 13.4. The van der Waals surface area contributed by atoms with Gasteiger partial charge in [0.25, 0.3) is 0 Å². The highest BCUT2D eigenvalue weighted by Crippen LogP contribution is 2.35. The molecule has 174 valence electrons. The third-order valence-corrected chi connectivity index (χ3v) is 6.42. The van der Waals surface area contributed by atoms with Crippen LogP contribution in [0.25, 0.3) is 38.6 Å². The van der Waals surface area contributed by atoms with E-state index in [1.807, 2.05) is 34.2 Å². The Morgan fingerprint density at radius 1 is 1.03 bits per heavy atom. The number of hydrogen-bond donors (Lipinski definition) is 2. The molecule has 0 bridgehead atoms. The molecule has 11 heteroatoms. The van der Waals surface area contributed by atoms with Crippen LogP contribution in [0.4, 0.5) is 19.1 Å². The van der Waals surface area contributed by atoms with Crippen LogP contribution in [0.3, 0.4) is 0 Å². The molecule has 3 N–H and O–H groups in total. The maximum Gasteiger partial charge on any atom is 0.416 e. The molecule has 0 saturated carbocycles. The highest BCUT2D eigenvalue weighted by Gasteiger charge is 2.33. The molecule has 0 aliphatic rings. The Morgan fingerprint density at radius 3 is 2.71 bits per heavy atom. The largest absolute Gasteiger partial charge is 0.416 e. The minimum Gasteiger partial charge on any atom is -0.368 e. The molecule has 0 radical (unpaired) electrons. The molecule has 0 aliphatic heterocycles. The lowest BCUT2D eigenvalue weighted by molar-refractivity contribution is -0.138. The first-order valence-electron chi connectivity index (χ1n) is 10.6. The second kappa shape index (κ2) is 7.91. The number of hydrogen-bond acceptors (Lipinski definition) is 6. The second-order valence-corrected chi connectivity index (χ2v) is 8.78. The summed E-state index contributed by atoms with van der Waals surface area (Å²) in [6.45, 7) is 0. The van der Waals surface area contributed by atoms with E-state index in [-0.39, 0.29) is 17.9 Å².